The Morgan fingerprint density at radius 1 is 0.952 bits per heavy atom. The highest BCUT2D eigenvalue weighted by Gasteiger charge is 2.10. The Morgan fingerprint density at radius 2 is 1.76 bits per heavy atom. The molecule has 0 spiro atoms. The number of amides is 1. The fourth-order valence-corrected chi connectivity index (χ4v) is 2.05. The summed E-state index contributed by atoms with van der Waals surface area (Å²) in [5.74, 6) is 5.29. The maximum atomic E-state index is 12.2. The van der Waals surface area contributed by atoms with Crippen molar-refractivity contribution in [3.63, 3.8) is 0 Å². The number of anilines is 2. The Kier molecular flexibility index (Phi) is 3.44. The van der Waals surface area contributed by atoms with Crippen LogP contribution in [0.2, 0.25) is 0 Å². The molecule has 2 aromatic carbocycles. The molecule has 1 amide bonds. The molecule has 1 aromatic heterocycles. The summed E-state index contributed by atoms with van der Waals surface area (Å²) in [5.41, 5.74) is 3.32. The van der Waals surface area contributed by atoms with E-state index in [1.54, 1.807) is 12.1 Å². The molecule has 0 aliphatic rings. The molecule has 21 heavy (non-hydrogen) atoms. The molecule has 6 nitrogen and oxygen atoms in total. The molecule has 4 N–H and O–H groups in total. The number of benzene rings is 2. The molecule has 3 rings (SSSR count). The van der Waals surface area contributed by atoms with Crippen molar-refractivity contribution in [2.45, 2.75) is 0 Å². The number of aromatic nitrogens is 2. The maximum absolute atomic E-state index is 12.2. The third kappa shape index (κ3) is 2.65. The minimum absolute atomic E-state index is 0.224. The zero-order valence-electron chi connectivity index (χ0n) is 11.1. The minimum atomic E-state index is -0.317. The van der Waals surface area contributed by atoms with Crippen molar-refractivity contribution in [3.05, 3.63) is 60.3 Å². The number of hydrogen-bond donors (Lipinski definition) is 3. The largest absolute Gasteiger partial charge is 0.320 e. The summed E-state index contributed by atoms with van der Waals surface area (Å²) in [7, 11) is 0. The number of fused-ring (bicyclic) bond motifs is 1. The zero-order valence-corrected chi connectivity index (χ0v) is 11.1. The number of nitrogens with zero attached hydrogens (tertiary/aromatic N) is 2. The molecule has 6 heteroatoms. The van der Waals surface area contributed by atoms with E-state index in [0.717, 1.165) is 16.5 Å². The molecule has 0 unspecified atom stereocenters. The molecule has 3 aromatic rings. The van der Waals surface area contributed by atoms with Gasteiger partial charge in [0.05, 0.1) is 0 Å². The third-order valence-electron chi connectivity index (χ3n) is 3.08. The van der Waals surface area contributed by atoms with E-state index in [2.05, 4.69) is 20.9 Å². The highest BCUT2D eigenvalue weighted by Crippen LogP contribution is 2.23. The van der Waals surface area contributed by atoms with E-state index >= 15 is 0 Å². The number of hydrogen-bond acceptors (Lipinski definition) is 5. The summed E-state index contributed by atoms with van der Waals surface area (Å²) < 4.78 is 0. The van der Waals surface area contributed by atoms with Gasteiger partial charge in [-0.3, -0.25) is 4.79 Å². The van der Waals surface area contributed by atoms with Gasteiger partial charge >= 0.3 is 0 Å². The van der Waals surface area contributed by atoms with E-state index in [4.69, 9.17) is 5.84 Å². The van der Waals surface area contributed by atoms with E-state index in [0.29, 0.717) is 5.82 Å². The van der Waals surface area contributed by atoms with Gasteiger partial charge in [-0.15, -0.1) is 10.2 Å². The first-order valence-electron chi connectivity index (χ1n) is 6.37. The molecule has 0 aliphatic carbocycles. The van der Waals surface area contributed by atoms with Crippen molar-refractivity contribution in [3.8, 4) is 0 Å². The van der Waals surface area contributed by atoms with Gasteiger partial charge in [0.15, 0.2) is 11.5 Å². The molecule has 0 fully saturated rings. The maximum Gasteiger partial charge on any atom is 0.276 e. The molecule has 0 atom stereocenters. The lowest BCUT2D eigenvalue weighted by Crippen LogP contribution is -2.16. The van der Waals surface area contributed by atoms with Gasteiger partial charge < -0.3 is 10.7 Å². The number of rotatable bonds is 3. The summed E-state index contributed by atoms with van der Waals surface area (Å²) in [5, 5.41) is 12.5. The molecular weight excluding hydrogens is 266 g/mol. The monoisotopic (exact) mass is 279 g/mol. The van der Waals surface area contributed by atoms with Crippen molar-refractivity contribution in [1.82, 2.24) is 10.2 Å². The van der Waals surface area contributed by atoms with Crippen LogP contribution in [0.1, 0.15) is 10.5 Å². The molecule has 0 radical (unpaired) electrons. The third-order valence-corrected chi connectivity index (χ3v) is 3.08. The second kappa shape index (κ2) is 5.56. The number of carbonyl (C=O) groups is 1. The molecule has 0 aliphatic heterocycles. The highest BCUT2D eigenvalue weighted by atomic mass is 16.1. The summed E-state index contributed by atoms with van der Waals surface area (Å²) in [4.78, 5) is 12.2. The predicted octanol–water partition coefficient (Wildman–Crippen LogP) is 2.17. The number of hydrazine groups is 1. The summed E-state index contributed by atoms with van der Waals surface area (Å²) in [6.07, 6.45) is 0. The molecule has 104 valence electrons. The Bertz CT molecular complexity index is 780. The van der Waals surface area contributed by atoms with Crippen LogP contribution in [0.25, 0.3) is 10.8 Å². The standard InChI is InChI=1S/C15H13N5O/c16-18-14-9-8-13(19-20-14)15(21)17-12-7-3-5-10-4-1-2-6-11(10)12/h1-9H,16H2,(H,17,21)(H,18,20). The van der Waals surface area contributed by atoms with Crippen LogP contribution < -0.4 is 16.6 Å². The lowest BCUT2D eigenvalue weighted by molar-refractivity contribution is 0.102. The normalized spacial score (nSPS) is 10.3. The van der Waals surface area contributed by atoms with Crippen LogP contribution in [0, 0.1) is 0 Å². The van der Waals surface area contributed by atoms with Gasteiger partial charge in [-0.2, -0.15) is 0 Å². The van der Waals surface area contributed by atoms with E-state index in [-0.39, 0.29) is 11.6 Å². The van der Waals surface area contributed by atoms with Crippen LogP contribution in [0.3, 0.4) is 0 Å². The topological polar surface area (TPSA) is 92.9 Å². The SMILES string of the molecule is NNc1ccc(C(=O)Nc2cccc3ccccc23)nn1. The Morgan fingerprint density at radius 3 is 2.52 bits per heavy atom. The van der Waals surface area contributed by atoms with Crippen LogP contribution in [0.5, 0.6) is 0 Å². The van der Waals surface area contributed by atoms with Crippen LogP contribution in [0.4, 0.5) is 11.5 Å². The first-order chi connectivity index (χ1) is 10.3. The molecule has 0 bridgehead atoms. The number of carbonyl (C=O) groups excluding carboxylic acids is 1. The van der Waals surface area contributed by atoms with E-state index in [9.17, 15) is 4.79 Å². The lowest BCUT2D eigenvalue weighted by atomic mass is 10.1. The quantitative estimate of drug-likeness (QED) is 0.504. The average Bonchev–Trinajstić information content (AvgIpc) is 2.55. The Hall–Kier alpha value is -2.99. The fraction of sp³-hybridized carbons (Fsp3) is 0. The van der Waals surface area contributed by atoms with Gasteiger partial charge in [-0.25, -0.2) is 5.84 Å². The van der Waals surface area contributed by atoms with Crippen molar-refractivity contribution in [1.29, 1.82) is 0 Å². The number of nitrogens with one attached hydrogen (secondary N) is 2. The smallest absolute Gasteiger partial charge is 0.276 e. The van der Waals surface area contributed by atoms with Gasteiger partial charge in [-0.1, -0.05) is 36.4 Å². The first-order valence-corrected chi connectivity index (χ1v) is 6.37. The van der Waals surface area contributed by atoms with Gasteiger partial charge in [0.1, 0.15) is 0 Å². The molecule has 0 saturated carbocycles. The lowest BCUT2D eigenvalue weighted by Gasteiger charge is -2.08. The zero-order chi connectivity index (χ0) is 14.7. The number of nitrogen functional groups attached to an aromatic ring is 1. The van der Waals surface area contributed by atoms with Gasteiger partial charge in [0.2, 0.25) is 0 Å². The van der Waals surface area contributed by atoms with Crippen LogP contribution >= 0.6 is 0 Å². The van der Waals surface area contributed by atoms with Gasteiger partial charge in [0, 0.05) is 11.1 Å². The van der Waals surface area contributed by atoms with Crippen molar-refractivity contribution in [2.24, 2.45) is 5.84 Å². The van der Waals surface area contributed by atoms with Crippen molar-refractivity contribution in [2.75, 3.05) is 10.7 Å². The molecule has 1 heterocycles. The number of nitrogens with two attached hydrogens (primary N) is 1. The fourth-order valence-electron chi connectivity index (χ4n) is 2.05. The first kappa shape index (κ1) is 13.0. The van der Waals surface area contributed by atoms with Gasteiger partial charge in [0.25, 0.3) is 5.91 Å². The molecule has 0 saturated heterocycles. The van der Waals surface area contributed by atoms with Crippen LogP contribution in [-0.2, 0) is 0 Å². The predicted molar refractivity (Wildman–Crippen MR) is 81.7 cm³/mol. The van der Waals surface area contributed by atoms with Crippen molar-refractivity contribution < 1.29 is 4.79 Å². The van der Waals surface area contributed by atoms with E-state index in [1.165, 1.54) is 0 Å². The second-order valence-electron chi connectivity index (χ2n) is 4.43. The summed E-state index contributed by atoms with van der Waals surface area (Å²) in [6, 6.07) is 16.7. The van der Waals surface area contributed by atoms with Crippen molar-refractivity contribution >= 4 is 28.2 Å². The molecular formula is C15H13N5O. The minimum Gasteiger partial charge on any atom is -0.320 e. The Labute approximate surface area is 121 Å². The van der Waals surface area contributed by atoms with E-state index in [1.807, 2.05) is 42.5 Å². The summed E-state index contributed by atoms with van der Waals surface area (Å²) >= 11 is 0. The average molecular weight is 279 g/mol. The van der Waals surface area contributed by atoms with E-state index < -0.39 is 0 Å². The second-order valence-corrected chi connectivity index (χ2v) is 4.43. The van der Waals surface area contributed by atoms with Crippen LogP contribution in [-0.4, -0.2) is 16.1 Å². The van der Waals surface area contributed by atoms with Gasteiger partial charge in [-0.05, 0) is 23.6 Å². The van der Waals surface area contributed by atoms with Crippen LogP contribution in [0.15, 0.2) is 54.6 Å². The summed E-state index contributed by atoms with van der Waals surface area (Å²) in [6.45, 7) is 0. The Balaban J connectivity index is 1.89. The highest BCUT2D eigenvalue weighted by molar-refractivity contribution is 6.08.